The van der Waals surface area contributed by atoms with Crippen LogP contribution in [0.3, 0.4) is 0 Å². The first-order valence-electron chi connectivity index (χ1n) is 10.5. The average Bonchev–Trinajstić information content (AvgIpc) is 3.42. The second-order valence-corrected chi connectivity index (χ2v) is 7.63. The van der Waals surface area contributed by atoms with Gasteiger partial charge >= 0.3 is 0 Å². The first-order valence-corrected chi connectivity index (χ1v) is 10.5. The molecule has 2 aromatic carbocycles. The summed E-state index contributed by atoms with van der Waals surface area (Å²) in [7, 11) is 0. The van der Waals surface area contributed by atoms with Gasteiger partial charge in [-0.3, -0.25) is 0 Å². The van der Waals surface area contributed by atoms with E-state index in [1.165, 1.54) is 25.7 Å². The lowest BCUT2D eigenvalue weighted by Gasteiger charge is -2.08. The number of hydrogen-bond acceptors (Lipinski definition) is 5. The molecule has 1 aliphatic heterocycles. The molecule has 4 rings (SSSR count). The Kier molecular flexibility index (Phi) is 6.22. The van der Waals surface area contributed by atoms with E-state index in [4.69, 9.17) is 9.26 Å². The summed E-state index contributed by atoms with van der Waals surface area (Å²) in [5.74, 6) is 2.67. The van der Waals surface area contributed by atoms with Crippen molar-refractivity contribution in [3.63, 3.8) is 0 Å². The Labute approximate surface area is 166 Å². The van der Waals surface area contributed by atoms with Gasteiger partial charge in [-0.2, -0.15) is 4.98 Å². The van der Waals surface area contributed by atoms with E-state index >= 15 is 0 Å². The predicted molar refractivity (Wildman–Crippen MR) is 112 cm³/mol. The van der Waals surface area contributed by atoms with E-state index < -0.39 is 0 Å². The molecule has 2 heterocycles. The van der Waals surface area contributed by atoms with Crippen LogP contribution in [0.25, 0.3) is 22.2 Å². The summed E-state index contributed by atoms with van der Waals surface area (Å²) in [6.07, 6.45) is 7.31. The van der Waals surface area contributed by atoms with Crippen molar-refractivity contribution >= 4 is 10.8 Å². The number of aromatic nitrogens is 2. The molecular formula is C23H29N3O2. The maximum Gasteiger partial charge on any atom is 0.231 e. The van der Waals surface area contributed by atoms with Crippen LogP contribution in [0, 0.1) is 0 Å². The standard InChI is InChI=1S/C23H29N3O2/c1-2-3-4-5-6-13-27-21-10-9-17-14-19(8-7-18(17)15-21)22-25-23(28-26-22)20-11-12-24-16-20/h7-10,14-15,20,24H,2-6,11-13,16H2,1H3. The van der Waals surface area contributed by atoms with Crippen LogP contribution in [0.2, 0.25) is 0 Å². The maximum absolute atomic E-state index is 5.92. The van der Waals surface area contributed by atoms with E-state index in [-0.39, 0.29) is 0 Å². The minimum absolute atomic E-state index is 0.336. The molecule has 1 saturated heterocycles. The van der Waals surface area contributed by atoms with Crippen molar-refractivity contribution in [2.24, 2.45) is 0 Å². The van der Waals surface area contributed by atoms with Gasteiger partial charge in [-0.05, 0) is 48.4 Å². The van der Waals surface area contributed by atoms with Gasteiger partial charge in [-0.1, -0.05) is 56.0 Å². The second-order valence-electron chi connectivity index (χ2n) is 7.63. The highest BCUT2D eigenvalue weighted by Crippen LogP contribution is 2.28. The molecule has 1 aromatic heterocycles. The predicted octanol–water partition coefficient (Wildman–Crippen LogP) is 5.32. The largest absolute Gasteiger partial charge is 0.494 e. The van der Waals surface area contributed by atoms with E-state index in [9.17, 15) is 0 Å². The molecule has 28 heavy (non-hydrogen) atoms. The summed E-state index contributed by atoms with van der Waals surface area (Å²) in [4.78, 5) is 4.62. The lowest BCUT2D eigenvalue weighted by molar-refractivity contribution is 0.305. The van der Waals surface area contributed by atoms with Gasteiger partial charge in [0.1, 0.15) is 5.75 Å². The molecule has 1 aliphatic rings. The van der Waals surface area contributed by atoms with Crippen molar-refractivity contribution in [3.8, 4) is 17.1 Å². The van der Waals surface area contributed by atoms with Crippen LogP contribution >= 0.6 is 0 Å². The molecule has 0 amide bonds. The molecule has 0 aliphatic carbocycles. The van der Waals surface area contributed by atoms with Crippen LogP contribution in [0.15, 0.2) is 40.9 Å². The summed E-state index contributed by atoms with van der Waals surface area (Å²) >= 11 is 0. The molecule has 5 nitrogen and oxygen atoms in total. The quantitative estimate of drug-likeness (QED) is 0.510. The average molecular weight is 380 g/mol. The molecule has 5 heteroatoms. The fourth-order valence-corrected chi connectivity index (χ4v) is 3.73. The van der Waals surface area contributed by atoms with E-state index in [2.05, 4.69) is 52.7 Å². The summed E-state index contributed by atoms with van der Waals surface area (Å²) in [6.45, 7) is 4.96. The van der Waals surface area contributed by atoms with Crippen molar-refractivity contribution in [3.05, 3.63) is 42.3 Å². The van der Waals surface area contributed by atoms with Crippen LogP contribution in [0.1, 0.15) is 57.3 Å². The van der Waals surface area contributed by atoms with Gasteiger partial charge in [-0.15, -0.1) is 0 Å². The zero-order chi connectivity index (χ0) is 19.2. The molecule has 1 atom stereocenters. The number of fused-ring (bicyclic) bond motifs is 1. The number of nitrogens with zero attached hydrogens (tertiary/aromatic N) is 2. The molecule has 0 saturated carbocycles. The highest BCUT2D eigenvalue weighted by Gasteiger charge is 2.23. The number of nitrogens with one attached hydrogen (secondary N) is 1. The molecule has 1 unspecified atom stereocenters. The molecule has 0 radical (unpaired) electrons. The van der Waals surface area contributed by atoms with E-state index in [1.54, 1.807) is 0 Å². The summed E-state index contributed by atoms with van der Waals surface area (Å²) in [5, 5.41) is 9.84. The van der Waals surface area contributed by atoms with Gasteiger partial charge in [0.25, 0.3) is 0 Å². The smallest absolute Gasteiger partial charge is 0.231 e. The lowest BCUT2D eigenvalue weighted by Crippen LogP contribution is -2.08. The fraction of sp³-hybridized carbons (Fsp3) is 0.478. The zero-order valence-electron chi connectivity index (χ0n) is 16.6. The van der Waals surface area contributed by atoms with Crippen molar-refractivity contribution in [1.82, 2.24) is 15.5 Å². The van der Waals surface area contributed by atoms with E-state index in [0.29, 0.717) is 11.7 Å². The fourth-order valence-electron chi connectivity index (χ4n) is 3.73. The molecule has 1 N–H and O–H groups in total. The van der Waals surface area contributed by atoms with Crippen molar-refractivity contribution in [2.45, 2.75) is 51.4 Å². The Hall–Kier alpha value is -2.40. The summed E-state index contributed by atoms with van der Waals surface area (Å²) in [6, 6.07) is 12.5. The lowest BCUT2D eigenvalue weighted by atomic mass is 10.1. The third-order valence-electron chi connectivity index (χ3n) is 5.44. The maximum atomic E-state index is 5.92. The van der Waals surface area contributed by atoms with Crippen LogP contribution in [0.4, 0.5) is 0 Å². The third kappa shape index (κ3) is 4.53. The molecule has 3 aromatic rings. The van der Waals surface area contributed by atoms with Crippen molar-refractivity contribution in [2.75, 3.05) is 19.7 Å². The summed E-state index contributed by atoms with van der Waals surface area (Å²) in [5.41, 5.74) is 0.984. The Balaban J connectivity index is 1.40. The minimum atomic E-state index is 0.336. The van der Waals surface area contributed by atoms with E-state index in [1.807, 2.05) is 6.07 Å². The number of unbranched alkanes of at least 4 members (excludes halogenated alkanes) is 4. The third-order valence-corrected chi connectivity index (χ3v) is 5.44. The minimum Gasteiger partial charge on any atom is -0.494 e. The highest BCUT2D eigenvalue weighted by molar-refractivity contribution is 5.87. The van der Waals surface area contributed by atoms with Crippen LogP contribution in [-0.4, -0.2) is 29.8 Å². The van der Waals surface area contributed by atoms with Gasteiger partial charge in [0, 0.05) is 12.1 Å². The molecule has 148 valence electrons. The summed E-state index contributed by atoms with van der Waals surface area (Å²) < 4.78 is 11.4. The number of rotatable bonds is 9. The van der Waals surface area contributed by atoms with E-state index in [0.717, 1.165) is 60.5 Å². The molecule has 0 spiro atoms. The van der Waals surface area contributed by atoms with Gasteiger partial charge in [0.05, 0.1) is 12.5 Å². The van der Waals surface area contributed by atoms with Gasteiger partial charge in [-0.25, -0.2) is 0 Å². The molecular weight excluding hydrogens is 350 g/mol. The highest BCUT2D eigenvalue weighted by atomic mass is 16.5. The Morgan fingerprint density at radius 2 is 1.93 bits per heavy atom. The van der Waals surface area contributed by atoms with Gasteiger partial charge in [0.2, 0.25) is 11.7 Å². The van der Waals surface area contributed by atoms with Gasteiger partial charge in [0.15, 0.2) is 0 Å². The number of ether oxygens (including phenoxy) is 1. The first kappa shape index (κ1) is 18.9. The second kappa shape index (κ2) is 9.20. The Morgan fingerprint density at radius 3 is 2.79 bits per heavy atom. The Morgan fingerprint density at radius 1 is 1.07 bits per heavy atom. The normalized spacial score (nSPS) is 16.7. The monoisotopic (exact) mass is 379 g/mol. The number of hydrogen-bond donors (Lipinski definition) is 1. The topological polar surface area (TPSA) is 60.2 Å². The van der Waals surface area contributed by atoms with Crippen molar-refractivity contribution < 1.29 is 9.26 Å². The van der Waals surface area contributed by atoms with Gasteiger partial charge < -0.3 is 14.6 Å². The van der Waals surface area contributed by atoms with Crippen LogP contribution < -0.4 is 10.1 Å². The van der Waals surface area contributed by atoms with Crippen molar-refractivity contribution in [1.29, 1.82) is 0 Å². The Bertz CT molecular complexity index is 900. The zero-order valence-corrected chi connectivity index (χ0v) is 16.6. The van der Waals surface area contributed by atoms with Crippen LogP contribution in [0.5, 0.6) is 5.75 Å². The molecule has 1 fully saturated rings. The van der Waals surface area contributed by atoms with Crippen LogP contribution in [-0.2, 0) is 0 Å². The first-order chi connectivity index (χ1) is 13.8. The number of benzene rings is 2. The molecule has 0 bridgehead atoms. The SMILES string of the molecule is CCCCCCCOc1ccc2cc(-c3noc(C4CCNC4)n3)ccc2c1.